The standard InChI is InChI=1S/C22H26N6O/c1-26-7-9-27(10-8-26)14-16-3-2-4-17(11-16)20-12-21(24-19-5-6-19)28-22(25-20)18(15-29)13-23-28/h2-4,11-13,15,19,24H,5-10,14H2,1H3. The number of carbonyl (C=O) groups excluding carboxylic acids is 1. The first kappa shape index (κ1) is 18.3. The van der Waals surface area contributed by atoms with Gasteiger partial charge in [0.25, 0.3) is 0 Å². The summed E-state index contributed by atoms with van der Waals surface area (Å²) in [6.45, 7) is 5.37. The van der Waals surface area contributed by atoms with Crippen molar-refractivity contribution in [2.45, 2.75) is 25.4 Å². The van der Waals surface area contributed by atoms with Crippen LogP contribution in [0, 0.1) is 0 Å². The Morgan fingerprint density at radius 1 is 1.17 bits per heavy atom. The molecule has 2 fully saturated rings. The van der Waals surface area contributed by atoms with Crippen molar-refractivity contribution >= 4 is 17.8 Å². The lowest BCUT2D eigenvalue weighted by atomic mass is 10.1. The van der Waals surface area contributed by atoms with Crippen LogP contribution < -0.4 is 5.32 Å². The number of nitrogens with zero attached hydrogens (tertiary/aromatic N) is 5. The number of aromatic nitrogens is 3. The second-order valence-corrected chi connectivity index (χ2v) is 8.18. The van der Waals surface area contributed by atoms with Crippen molar-refractivity contribution in [3.05, 3.63) is 47.7 Å². The zero-order chi connectivity index (χ0) is 19.8. The Labute approximate surface area is 170 Å². The summed E-state index contributed by atoms with van der Waals surface area (Å²) in [5.74, 6) is 0.894. The highest BCUT2D eigenvalue weighted by Crippen LogP contribution is 2.29. The molecule has 1 N–H and O–H groups in total. The molecule has 0 atom stereocenters. The second-order valence-electron chi connectivity index (χ2n) is 8.18. The molecule has 0 amide bonds. The monoisotopic (exact) mass is 390 g/mol. The van der Waals surface area contributed by atoms with E-state index in [0.717, 1.165) is 56.1 Å². The summed E-state index contributed by atoms with van der Waals surface area (Å²) >= 11 is 0. The molecule has 0 radical (unpaired) electrons. The first-order chi connectivity index (χ1) is 14.2. The molecule has 3 heterocycles. The van der Waals surface area contributed by atoms with Crippen LogP contribution in [0.4, 0.5) is 5.82 Å². The Morgan fingerprint density at radius 2 is 2.00 bits per heavy atom. The number of anilines is 1. The third-order valence-electron chi connectivity index (χ3n) is 5.78. The molecule has 1 aliphatic heterocycles. The van der Waals surface area contributed by atoms with Gasteiger partial charge in [0.05, 0.1) is 17.5 Å². The summed E-state index contributed by atoms with van der Waals surface area (Å²) < 4.78 is 1.74. The summed E-state index contributed by atoms with van der Waals surface area (Å²) in [5.41, 5.74) is 4.33. The van der Waals surface area contributed by atoms with Crippen LogP contribution in [0.1, 0.15) is 28.8 Å². The first-order valence-corrected chi connectivity index (χ1v) is 10.3. The lowest BCUT2D eigenvalue weighted by molar-refractivity contribution is 0.112. The van der Waals surface area contributed by atoms with Crippen molar-refractivity contribution in [2.75, 3.05) is 38.5 Å². The van der Waals surface area contributed by atoms with Crippen LogP contribution in [0.3, 0.4) is 0 Å². The quantitative estimate of drug-likeness (QED) is 0.653. The van der Waals surface area contributed by atoms with E-state index < -0.39 is 0 Å². The lowest BCUT2D eigenvalue weighted by Crippen LogP contribution is -2.43. The van der Waals surface area contributed by atoms with Crippen molar-refractivity contribution in [1.29, 1.82) is 0 Å². The molecule has 1 aromatic carbocycles. The Bertz CT molecular complexity index is 1030. The van der Waals surface area contributed by atoms with Gasteiger partial charge in [-0.25, -0.2) is 4.98 Å². The second kappa shape index (κ2) is 7.57. The molecule has 0 bridgehead atoms. The fourth-order valence-corrected chi connectivity index (χ4v) is 3.84. The zero-order valence-electron chi connectivity index (χ0n) is 16.7. The minimum Gasteiger partial charge on any atom is -0.367 e. The molecular formula is C22H26N6O. The smallest absolute Gasteiger partial charge is 0.168 e. The Balaban J connectivity index is 1.47. The van der Waals surface area contributed by atoms with Gasteiger partial charge in [-0.15, -0.1) is 0 Å². The molecule has 1 saturated heterocycles. The molecule has 29 heavy (non-hydrogen) atoms. The fraction of sp³-hybridized carbons (Fsp3) is 0.409. The number of nitrogens with one attached hydrogen (secondary N) is 1. The summed E-state index contributed by atoms with van der Waals surface area (Å²) in [6, 6.07) is 11.1. The number of carbonyl (C=O) groups is 1. The van der Waals surface area contributed by atoms with E-state index in [9.17, 15) is 4.79 Å². The van der Waals surface area contributed by atoms with Crippen LogP contribution in [-0.2, 0) is 6.54 Å². The van der Waals surface area contributed by atoms with E-state index in [1.54, 1.807) is 10.7 Å². The van der Waals surface area contributed by atoms with Gasteiger partial charge in [-0.2, -0.15) is 9.61 Å². The summed E-state index contributed by atoms with van der Waals surface area (Å²) in [5, 5.41) is 7.88. The maximum atomic E-state index is 11.5. The van der Waals surface area contributed by atoms with Gasteiger partial charge in [-0.3, -0.25) is 9.69 Å². The number of aldehydes is 1. The molecule has 7 heteroatoms. The van der Waals surface area contributed by atoms with Crippen LogP contribution in [0.25, 0.3) is 16.9 Å². The largest absolute Gasteiger partial charge is 0.367 e. The summed E-state index contributed by atoms with van der Waals surface area (Å²) in [4.78, 5) is 21.1. The van der Waals surface area contributed by atoms with E-state index in [0.29, 0.717) is 17.3 Å². The average molecular weight is 390 g/mol. The van der Waals surface area contributed by atoms with Gasteiger partial charge in [0.2, 0.25) is 0 Å². The van der Waals surface area contributed by atoms with E-state index in [1.165, 1.54) is 18.4 Å². The lowest BCUT2D eigenvalue weighted by Gasteiger charge is -2.32. The molecule has 0 unspecified atom stereocenters. The number of piperazine rings is 1. The average Bonchev–Trinajstić information content (AvgIpc) is 3.45. The Morgan fingerprint density at radius 3 is 2.76 bits per heavy atom. The van der Waals surface area contributed by atoms with E-state index in [2.05, 4.69) is 51.5 Å². The molecule has 0 spiro atoms. The van der Waals surface area contributed by atoms with Crippen molar-refractivity contribution in [3.8, 4) is 11.3 Å². The zero-order valence-corrected chi connectivity index (χ0v) is 16.7. The minimum atomic E-state index is 0.487. The minimum absolute atomic E-state index is 0.487. The Hall–Kier alpha value is -2.77. The molecule has 3 aromatic rings. The highest BCUT2D eigenvalue weighted by molar-refractivity contribution is 5.85. The van der Waals surface area contributed by atoms with E-state index in [-0.39, 0.29) is 0 Å². The molecule has 150 valence electrons. The predicted octanol–water partition coefficient (Wildman–Crippen LogP) is 2.53. The van der Waals surface area contributed by atoms with E-state index >= 15 is 0 Å². The number of hydrogen-bond acceptors (Lipinski definition) is 6. The highest BCUT2D eigenvalue weighted by atomic mass is 16.1. The SMILES string of the molecule is CN1CCN(Cc2cccc(-c3cc(NC4CC4)n4ncc(C=O)c4n3)c2)CC1. The molecule has 1 saturated carbocycles. The van der Waals surface area contributed by atoms with Gasteiger partial charge in [-0.1, -0.05) is 18.2 Å². The van der Waals surface area contributed by atoms with Gasteiger partial charge in [0.15, 0.2) is 11.9 Å². The van der Waals surface area contributed by atoms with Crippen molar-refractivity contribution in [3.63, 3.8) is 0 Å². The number of rotatable bonds is 6. The topological polar surface area (TPSA) is 65.8 Å². The number of hydrogen-bond donors (Lipinski definition) is 1. The van der Waals surface area contributed by atoms with Crippen molar-refractivity contribution in [1.82, 2.24) is 24.4 Å². The van der Waals surface area contributed by atoms with Crippen LogP contribution in [-0.4, -0.2) is 70.0 Å². The third kappa shape index (κ3) is 3.88. The van der Waals surface area contributed by atoms with E-state index in [4.69, 9.17) is 4.98 Å². The maximum Gasteiger partial charge on any atom is 0.168 e. The summed E-state index contributed by atoms with van der Waals surface area (Å²) in [6.07, 6.45) is 4.74. The first-order valence-electron chi connectivity index (χ1n) is 10.3. The molecular weight excluding hydrogens is 364 g/mol. The maximum absolute atomic E-state index is 11.5. The van der Waals surface area contributed by atoms with Gasteiger partial charge in [0.1, 0.15) is 5.82 Å². The number of fused-ring (bicyclic) bond motifs is 1. The molecule has 1 aliphatic carbocycles. The predicted molar refractivity (Wildman–Crippen MR) is 113 cm³/mol. The van der Waals surface area contributed by atoms with Gasteiger partial charge in [0, 0.05) is 50.4 Å². The van der Waals surface area contributed by atoms with Crippen LogP contribution in [0.15, 0.2) is 36.5 Å². The number of benzene rings is 1. The fourth-order valence-electron chi connectivity index (χ4n) is 3.84. The molecule has 5 rings (SSSR count). The normalized spacial score (nSPS) is 18.2. The third-order valence-corrected chi connectivity index (χ3v) is 5.78. The number of likely N-dealkylation sites (N-methyl/N-ethyl adjacent to an activating group) is 1. The highest BCUT2D eigenvalue weighted by Gasteiger charge is 2.23. The molecule has 2 aromatic heterocycles. The summed E-state index contributed by atoms with van der Waals surface area (Å²) in [7, 11) is 2.18. The van der Waals surface area contributed by atoms with Crippen LogP contribution >= 0.6 is 0 Å². The molecule has 7 nitrogen and oxygen atoms in total. The van der Waals surface area contributed by atoms with Crippen molar-refractivity contribution < 1.29 is 4.79 Å². The van der Waals surface area contributed by atoms with Crippen molar-refractivity contribution in [2.24, 2.45) is 0 Å². The molecule has 2 aliphatic rings. The van der Waals surface area contributed by atoms with Crippen LogP contribution in [0.2, 0.25) is 0 Å². The Kier molecular flexibility index (Phi) is 4.77. The van der Waals surface area contributed by atoms with Crippen LogP contribution in [0.5, 0.6) is 0 Å². The van der Waals surface area contributed by atoms with Gasteiger partial charge >= 0.3 is 0 Å². The van der Waals surface area contributed by atoms with Gasteiger partial charge in [-0.05, 0) is 31.5 Å². The van der Waals surface area contributed by atoms with E-state index in [1.807, 2.05) is 6.07 Å². The van der Waals surface area contributed by atoms with Gasteiger partial charge < -0.3 is 10.2 Å².